The molecule has 3 aromatic carbocycles. The van der Waals surface area contributed by atoms with Crippen LogP contribution in [0.15, 0.2) is 104 Å². The second-order valence-corrected chi connectivity index (χ2v) is 8.04. The molecule has 1 amide bonds. The number of benzene rings is 3. The van der Waals surface area contributed by atoms with E-state index in [2.05, 4.69) is 42.0 Å². The Labute approximate surface area is 185 Å². The number of amides is 1. The van der Waals surface area contributed by atoms with Crippen molar-refractivity contribution in [1.29, 1.82) is 0 Å². The van der Waals surface area contributed by atoms with Crippen LogP contribution in [0.3, 0.4) is 0 Å². The number of carbonyl (C=O) groups excluding carboxylic acids is 1. The van der Waals surface area contributed by atoms with Crippen molar-refractivity contribution in [3.8, 4) is 0 Å². The van der Waals surface area contributed by atoms with Gasteiger partial charge in [-0.2, -0.15) is 10.1 Å². The van der Waals surface area contributed by atoms with Crippen LogP contribution in [-0.4, -0.2) is 23.0 Å². The normalized spacial score (nSPS) is 15.4. The highest BCUT2D eigenvalue weighted by molar-refractivity contribution is 9.10. The van der Waals surface area contributed by atoms with Crippen LogP contribution in [0.25, 0.3) is 6.08 Å². The van der Waals surface area contributed by atoms with E-state index in [0.29, 0.717) is 11.5 Å². The molecular formula is C23H15Br2N3O. The number of hydrazone groups is 1. The van der Waals surface area contributed by atoms with Crippen LogP contribution in [0, 0.1) is 0 Å². The summed E-state index contributed by atoms with van der Waals surface area (Å²) in [5, 5.41) is 5.80. The van der Waals surface area contributed by atoms with Gasteiger partial charge in [-0.1, -0.05) is 92.5 Å². The Kier molecular flexibility index (Phi) is 5.83. The molecule has 0 atom stereocenters. The third-order valence-electron chi connectivity index (χ3n) is 4.26. The molecule has 1 aliphatic heterocycles. The highest BCUT2D eigenvalue weighted by Gasteiger charge is 2.31. The van der Waals surface area contributed by atoms with Gasteiger partial charge in [0.25, 0.3) is 5.91 Å². The first-order valence-corrected chi connectivity index (χ1v) is 10.4. The number of hydrogen-bond donors (Lipinski definition) is 0. The van der Waals surface area contributed by atoms with Crippen LogP contribution in [0.4, 0.5) is 0 Å². The maximum Gasteiger partial charge on any atom is 0.298 e. The molecule has 0 aromatic heterocycles. The first kappa shape index (κ1) is 19.5. The number of carbonyl (C=O) groups is 1. The predicted octanol–water partition coefficient (Wildman–Crippen LogP) is 5.88. The standard InChI is InChI=1S/C23H15Br2N3O/c24-19-12-10-16(11-13-19)14-21-23(29)28(22(27-21)17-6-2-1-3-7-17)26-15-18-8-4-5-9-20(18)25/h1-15H/b21-14+,26-15+. The van der Waals surface area contributed by atoms with E-state index in [0.717, 1.165) is 25.6 Å². The highest BCUT2D eigenvalue weighted by Crippen LogP contribution is 2.23. The largest absolute Gasteiger partial charge is 0.298 e. The minimum atomic E-state index is -0.268. The van der Waals surface area contributed by atoms with Crippen molar-refractivity contribution in [3.05, 3.63) is 110 Å². The lowest BCUT2D eigenvalue weighted by Crippen LogP contribution is -2.27. The highest BCUT2D eigenvalue weighted by atomic mass is 79.9. The molecule has 29 heavy (non-hydrogen) atoms. The first-order valence-electron chi connectivity index (χ1n) is 8.86. The number of halogens is 2. The Balaban J connectivity index is 1.73. The molecule has 0 unspecified atom stereocenters. The Morgan fingerprint density at radius 1 is 0.862 bits per heavy atom. The third-order valence-corrected chi connectivity index (χ3v) is 5.51. The average molecular weight is 509 g/mol. The van der Waals surface area contributed by atoms with Crippen LogP contribution in [0.2, 0.25) is 0 Å². The molecule has 1 aliphatic rings. The van der Waals surface area contributed by atoms with Gasteiger partial charge in [0, 0.05) is 20.1 Å². The molecule has 6 heteroatoms. The van der Waals surface area contributed by atoms with Crippen LogP contribution in [0.5, 0.6) is 0 Å². The van der Waals surface area contributed by atoms with Gasteiger partial charge < -0.3 is 0 Å². The van der Waals surface area contributed by atoms with Crippen LogP contribution < -0.4 is 0 Å². The van der Waals surface area contributed by atoms with Crippen LogP contribution >= 0.6 is 31.9 Å². The topological polar surface area (TPSA) is 45.0 Å². The SMILES string of the molecule is O=C1/C(=C\c2ccc(Br)cc2)N=C(c2ccccc2)N1/N=C/c1ccccc1Br. The van der Waals surface area contributed by atoms with E-state index >= 15 is 0 Å². The van der Waals surface area contributed by atoms with E-state index in [4.69, 9.17) is 0 Å². The van der Waals surface area contributed by atoms with Crippen molar-refractivity contribution < 1.29 is 4.79 Å². The molecule has 142 valence electrons. The number of hydrogen-bond acceptors (Lipinski definition) is 3. The molecule has 0 N–H and O–H groups in total. The summed E-state index contributed by atoms with van der Waals surface area (Å²) in [4.78, 5) is 17.7. The number of aliphatic imine (C=N–C) groups is 1. The van der Waals surface area contributed by atoms with E-state index in [1.165, 1.54) is 5.01 Å². The van der Waals surface area contributed by atoms with Crippen molar-refractivity contribution in [3.63, 3.8) is 0 Å². The van der Waals surface area contributed by atoms with Crippen molar-refractivity contribution in [2.24, 2.45) is 10.1 Å². The molecule has 4 rings (SSSR count). The van der Waals surface area contributed by atoms with Crippen LogP contribution in [0.1, 0.15) is 16.7 Å². The van der Waals surface area contributed by atoms with E-state index in [9.17, 15) is 4.79 Å². The molecule has 0 spiro atoms. The van der Waals surface area contributed by atoms with E-state index in [1.807, 2.05) is 78.9 Å². The fourth-order valence-corrected chi connectivity index (χ4v) is 3.46. The lowest BCUT2D eigenvalue weighted by Gasteiger charge is -2.12. The minimum absolute atomic E-state index is 0.268. The van der Waals surface area contributed by atoms with Gasteiger partial charge in [0.05, 0.1) is 6.21 Å². The minimum Gasteiger partial charge on any atom is -0.265 e. The second-order valence-electron chi connectivity index (χ2n) is 6.27. The molecule has 0 bridgehead atoms. The van der Waals surface area contributed by atoms with Gasteiger partial charge >= 0.3 is 0 Å². The van der Waals surface area contributed by atoms with Gasteiger partial charge in [0.1, 0.15) is 5.70 Å². The summed E-state index contributed by atoms with van der Waals surface area (Å²) >= 11 is 6.92. The van der Waals surface area contributed by atoms with E-state index < -0.39 is 0 Å². The smallest absolute Gasteiger partial charge is 0.265 e. The van der Waals surface area contributed by atoms with Gasteiger partial charge in [0.15, 0.2) is 5.84 Å². The van der Waals surface area contributed by atoms with Crippen LogP contribution in [-0.2, 0) is 4.79 Å². The van der Waals surface area contributed by atoms with E-state index in [-0.39, 0.29) is 5.91 Å². The third kappa shape index (κ3) is 4.44. The molecule has 0 fully saturated rings. The Bertz CT molecular complexity index is 1140. The zero-order chi connectivity index (χ0) is 20.2. The number of rotatable bonds is 4. The van der Waals surface area contributed by atoms with E-state index in [1.54, 1.807) is 12.3 Å². The lowest BCUT2D eigenvalue weighted by atomic mass is 10.2. The zero-order valence-electron chi connectivity index (χ0n) is 15.2. The van der Waals surface area contributed by atoms with Gasteiger partial charge in [-0.15, -0.1) is 0 Å². The van der Waals surface area contributed by atoms with Gasteiger partial charge in [-0.3, -0.25) is 4.79 Å². The molecule has 4 nitrogen and oxygen atoms in total. The molecule has 0 saturated heterocycles. The summed E-state index contributed by atoms with van der Waals surface area (Å²) in [5.74, 6) is 0.234. The lowest BCUT2D eigenvalue weighted by molar-refractivity contribution is -0.122. The zero-order valence-corrected chi connectivity index (χ0v) is 18.3. The summed E-state index contributed by atoms with van der Waals surface area (Å²) in [6, 6.07) is 25.0. The molecule has 0 radical (unpaired) electrons. The van der Waals surface area contributed by atoms with Crippen molar-refractivity contribution in [1.82, 2.24) is 5.01 Å². The van der Waals surface area contributed by atoms with Gasteiger partial charge in [-0.25, -0.2) is 4.99 Å². The quantitative estimate of drug-likeness (QED) is 0.321. The fourth-order valence-electron chi connectivity index (χ4n) is 2.81. The number of nitrogens with zero attached hydrogens (tertiary/aromatic N) is 3. The average Bonchev–Trinajstić information content (AvgIpc) is 3.05. The molecule has 3 aromatic rings. The summed E-state index contributed by atoms with van der Waals surface area (Å²) < 4.78 is 1.88. The molecule has 1 heterocycles. The summed E-state index contributed by atoms with van der Waals surface area (Å²) in [7, 11) is 0. The van der Waals surface area contributed by atoms with Crippen molar-refractivity contribution in [2.75, 3.05) is 0 Å². The van der Waals surface area contributed by atoms with Crippen molar-refractivity contribution >= 4 is 55.9 Å². The molecule has 0 aliphatic carbocycles. The monoisotopic (exact) mass is 507 g/mol. The summed E-state index contributed by atoms with van der Waals surface area (Å²) in [6.45, 7) is 0. The number of amidine groups is 1. The summed E-state index contributed by atoms with van der Waals surface area (Å²) in [6.07, 6.45) is 3.43. The van der Waals surface area contributed by atoms with Gasteiger partial charge in [0.2, 0.25) is 0 Å². The predicted molar refractivity (Wildman–Crippen MR) is 124 cm³/mol. The Morgan fingerprint density at radius 3 is 2.28 bits per heavy atom. The summed E-state index contributed by atoms with van der Waals surface area (Å²) in [5.41, 5.74) is 2.93. The molecule has 0 saturated carbocycles. The van der Waals surface area contributed by atoms with Gasteiger partial charge in [-0.05, 0) is 29.8 Å². The second kappa shape index (κ2) is 8.68. The fraction of sp³-hybridized carbons (Fsp3) is 0. The first-order chi connectivity index (χ1) is 14.1. The maximum absolute atomic E-state index is 13.1. The maximum atomic E-state index is 13.1. The molecular weight excluding hydrogens is 494 g/mol. The Morgan fingerprint density at radius 2 is 1.55 bits per heavy atom. The Hall–Kier alpha value is -2.83. The van der Waals surface area contributed by atoms with Crippen molar-refractivity contribution in [2.45, 2.75) is 0 Å².